The van der Waals surface area contributed by atoms with Crippen LogP contribution in [0.15, 0.2) is 88.9 Å². The molecule has 2 aromatic heterocycles. The highest BCUT2D eigenvalue weighted by Crippen LogP contribution is 2.36. The number of nitrogens with zero attached hydrogens (tertiary/aromatic N) is 2. The first-order valence-corrected chi connectivity index (χ1v) is 8.47. The molecule has 0 fully saturated rings. The van der Waals surface area contributed by atoms with Gasteiger partial charge in [0.15, 0.2) is 0 Å². The van der Waals surface area contributed by atoms with E-state index in [0.717, 1.165) is 21.9 Å². The van der Waals surface area contributed by atoms with Gasteiger partial charge >= 0.3 is 0 Å². The van der Waals surface area contributed by atoms with Gasteiger partial charge in [0.05, 0.1) is 5.02 Å². The number of halogens is 1. The van der Waals surface area contributed by atoms with Gasteiger partial charge in [-0.05, 0) is 24.3 Å². The Labute approximate surface area is 143 Å². The van der Waals surface area contributed by atoms with Crippen LogP contribution < -0.4 is 0 Å². The Morgan fingerprint density at radius 1 is 0.826 bits per heavy atom. The second-order valence-electron chi connectivity index (χ2n) is 5.12. The van der Waals surface area contributed by atoms with Crippen molar-refractivity contribution in [2.24, 2.45) is 0 Å². The van der Waals surface area contributed by atoms with E-state index in [0.29, 0.717) is 5.02 Å². The molecule has 0 aliphatic heterocycles. The average Bonchev–Trinajstić information content (AvgIpc) is 2.95. The summed E-state index contributed by atoms with van der Waals surface area (Å²) in [6, 6.07) is 24.4. The van der Waals surface area contributed by atoms with Crippen molar-refractivity contribution in [2.75, 3.05) is 0 Å². The van der Waals surface area contributed by atoms with Crippen LogP contribution in [-0.4, -0.2) is 9.38 Å². The van der Waals surface area contributed by atoms with E-state index in [1.807, 2.05) is 54.7 Å². The van der Waals surface area contributed by atoms with Gasteiger partial charge in [0, 0.05) is 16.7 Å². The Kier molecular flexibility index (Phi) is 3.82. The molecular weight excluding hydrogens is 324 g/mol. The van der Waals surface area contributed by atoms with E-state index in [1.165, 1.54) is 4.90 Å². The Balaban J connectivity index is 1.93. The van der Waals surface area contributed by atoms with Crippen LogP contribution in [0.4, 0.5) is 0 Å². The van der Waals surface area contributed by atoms with Crippen molar-refractivity contribution in [3.8, 4) is 11.3 Å². The summed E-state index contributed by atoms with van der Waals surface area (Å²) in [4.78, 5) is 5.98. The normalized spacial score (nSPS) is 11.0. The van der Waals surface area contributed by atoms with Gasteiger partial charge in [0.2, 0.25) is 0 Å². The molecular formula is C19H13ClN2S. The van der Waals surface area contributed by atoms with E-state index in [9.17, 15) is 0 Å². The first kappa shape index (κ1) is 14.4. The lowest BCUT2D eigenvalue weighted by Gasteiger charge is -2.05. The zero-order valence-corrected chi connectivity index (χ0v) is 13.8. The van der Waals surface area contributed by atoms with Crippen LogP contribution in [0.3, 0.4) is 0 Å². The highest BCUT2D eigenvalue weighted by Gasteiger charge is 2.15. The molecule has 4 rings (SSSR count). The number of hydrogen-bond donors (Lipinski definition) is 0. The fourth-order valence-corrected chi connectivity index (χ4v) is 3.66. The Hall–Kier alpha value is -2.23. The van der Waals surface area contributed by atoms with Gasteiger partial charge in [-0.3, -0.25) is 4.40 Å². The smallest absolute Gasteiger partial charge is 0.138 e. The molecule has 0 N–H and O–H groups in total. The number of rotatable bonds is 3. The molecule has 112 valence electrons. The van der Waals surface area contributed by atoms with Crippen molar-refractivity contribution < 1.29 is 0 Å². The molecule has 0 saturated heterocycles. The summed E-state index contributed by atoms with van der Waals surface area (Å²) in [5, 5.41) is 1.77. The molecule has 0 saturated carbocycles. The second-order valence-corrected chi connectivity index (χ2v) is 6.62. The Morgan fingerprint density at radius 2 is 1.52 bits per heavy atom. The minimum Gasteiger partial charge on any atom is -0.292 e. The molecule has 0 bridgehead atoms. The summed E-state index contributed by atoms with van der Waals surface area (Å²) in [5.74, 6) is 0. The van der Waals surface area contributed by atoms with E-state index in [1.54, 1.807) is 11.8 Å². The second kappa shape index (κ2) is 6.11. The number of pyridine rings is 1. The summed E-state index contributed by atoms with van der Waals surface area (Å²) in [5.41, 5.74) is 2.97. The van der Waals surface area contributed by atoms with Crippen molar-refractivity contribution in [1.29, 1.82) is 0 Å². The monoisotopic (exact) mass is 336 g/mol. The highest BCUT2D eigenvalue weighted by molar-refractivity contribution is 7.99. The molecule has 0 aliphatic carbocycles. The van der Waals surface area contributed by atoms with Crippen molar-refractivity contribution >= 4 is 29.0 Å². The van der Waals surface area contributed by atoms with Crippen LogP contribution >= 0.6 is 23.4 Å². The van der Waals surface area contributed by atoms with E-state index in [-0.39, 0.29) is 0 Å². The largest absolute Gasteiger partial charge is 0.292 e. The predicted molar refractivity (Wildman–Crippen MR) is 96.2 cm³/mol. The van der Waals surface area contributed by atoms with Crippen LogP contribution in [0.5, 0.6) is 0 Å². The van der Waals surface area contributed by atoms with Gasteiger partial charge in [-0.25, -0.2) is 4.98 Å². The van der Waals surface area contributed by atoms with Gasteiger partial charge < -0.3 is 0 Å². The summed E-state index contributed by atoms with van der Waals surface area (Å²) < 4.78 is 2.06. The van der Waals surface area contributed by atoms with Crippen LogP contribution in [0, 0.1) is 0 Å². The lowest BCUT2D eigenvalue weighted by molar-refractivity contribution is 1.05. The minimum atomic E-state index is 0.699. The maximum absolute atomic E-state index is 6.19. The molecule has 0 radical (unpaired) electrons. The fraction of sp³-hybridized carbons (Fsp3) is 0. The first-order valence-electron chi connectivity index (χ1n) is 7.27. The molecule has 2 heterocycles. The highest BCUT2D eigenvalue weighted by atomic mass is 35.5. The lowest BCUT2D eigenvalue weighted by Crippen LogP contribution is -1.87. The molecule has 4 aromatic rings. The molecule has 2 aromatic carbocycles. The number of hydrogen-bond acceptors (Lipinski definition) is 2. The lowest BCUT2D eigenvalue weighted by atomic mass is 10.2. The number of imidazole rings is 1. The van der Waals surface area contributed by atoms with Crippen molar-refractivity contribution in [2.45, 2.75) is 9.92 Å². The molecule has 0 unspecified atom stereocenters. The van der Waals surface area contributed by atoms with Crippen LogP contribution in [0.2, 0.25) is 5.02 Å². The topological polar surface area (TPSA) is 17.3 Å². The molecule has 0 spiro atoms. The summed E-state index contributed by atoms with van der Waals surface area (Å²) in [7, 11) is 0. The van der Waals surface area contributed by atoms with Crippen LogP contribution in [0.25, 0.3) is 16.9 Å². The van der Waals surface area contributed by atoms with Gasteiger partial charge in [-0.1, -0.05) is 71.9 Å². The fourth-order valence-electron chi connectivity index (χ4n) is 2.48. The third-order valence-electron chi connectivity index (χ3n) is 3.54. The standard InChI is InChI=1S/C19H13ClN2S/c20-15-11-12-17-21-18(14-7-3-1-4-8-14)19(22(17)13-15)23-16-9-5-2-6-10-16/h1-13H. The van der Waals surface area contributed by atoms with Gasteiger partial charge in [-0.15, -0.1) is 0 Å². The maximum Gasteiger partial charge on any atom is 0.138 e. The number of benzene rings is 2. The van der Waals surface area contributed by atoms with Gasteiger partial charge in [0.25, 0.3) is 0 Å². The number of fused-ring (bicyclic) bond motifs is 1. The maximum atomic E-state index is 6.19. The van der Waals surface area contributed by atoms with Crippen LogP contribution in [-0.2, 0) is 0 Å². The zero-order chi connectivity index (χ0) is 15.6. The van der Waals surface area contributed by atoms with Crippen molar-refractivity contribution in [1.82, 2.24) is 9.38 Å². The third-order valence-corrected chi connectivity index (χ3v) is 4.86. The molecule has 0 amide bonds. The summed E-state index contributed by atoms with van der Waals surface area (Å²) >= 11 is 7.89. The minimum absolute atomic E-state index is 0.699. The quantitative estimate of drug-likeness (QED) is 0.470. The Morgan fingerprint density at radius 3 is 2.26 bits per heavy atom. The molecule has 23 heavy (non-hydrogen) atoms. The first-order chi connectivity index (χ1) is 11.3. The Bertz CT molecular complexity index is 949. The molecule has 2 nitrogen and oxygen atoms in total. The van der Waals surface area contributed by atoms with Crippen molar-refractivity contribution in [3.63, 3.8) is 0 Å². The van der Waals surface area contributed by atoms with Gasteiger partial charge in [0.1, 0.15) is 16.4 Å². The average molecular weight is 337 g/mol. The van der Waals surface area contributed by atoms with Gasteiger partial charge in [-0.2, -0.15) is 0 Å². The molecule has 4 heteroatoms. The van der Waals surface area contributed by atoms with E-state index < -0.39 is 0 Å². The third kappa shape index (κ3) is 2.85. The van der Waals surface area contributed by atoms with E-state index >= 15 is 0 Å². The summed E-state index contributed by atoms with van der Waals surface area (Å²) in [6.45, 7) is 0. The predicted octanol–water partition coefficient (Wildman–Crippen LogP) is 5.81. The molecule has 0 aliphatic rings. The van der Waals surface area contributed by atoms with Crippen molar-refractivity contribution in [3.05, 3.63) is 84.0 Å². The van der Waals surface area contributed by atoms with E-state index in [4.69, 9.17) is 16.6 Å². The summed E-state index contributed by atoms with van der Waals surface area (Å²) in [6.07, 6.45) is 1.92. The van der Waals surface area contributed by atoms with Crippen LogP contribution in [0.1, 0.15) is 0 Å². The molecule has 0 atom stereocenters. The SMILES string of the molecule is Clc1ccc2nc(-c3ccccc3)c(Sc3ccccc3)n2c1. The number of aromatic nitrogens is 2. The zero-order valence-electron chi connectivity index (χ0n) is 12.2. The van der Waals surface area contributed by atoms with E-state index in [2.05, 4.69) is 28.7 Å².